The third-order valence-electron chi connectivity index (χ3n) is 7.18. The van der Waals surface area contributed by atoms with Gasteiger partial charge in [0.1, 0.15) is 0 Å². The summed E-state index contributed by atoms with van der Waals surface area (Å²) in [6, 6.07) is 12.2. The largest absolute Gasteiger partial charge is 0.371 e. The predicted molar refractivity (Wildman–Crippen MR) is 119 cm³/mol. The van der Waals surface area contributed by atoms with Crippen molar-refractivity contribution in [2.75, 3.05) is 31.6 Å². The zero-order valence-electron chi connectivity index (χ0n) is 17.7. The third-order valence-corrected chi connectivity index (χ3v) is 7.18. The monoisotopic (exact) mass is 390 g/mol. The van der Waals surface area contributed by atoms with Gasteiger partial charge in [0, 0.05) is 44.1 Å². The summed E-state index contributed by atoms with van der Waals surface area (Å²) >= 11 is 0. The summed E-state index contributed by atoms with van der Waals surface area (Å²) in [5, 5.41) is 3.82. The Hall–Kier alpha value is -1.91. The first-order valence-electron chi connectivity index (χ1n) is 11.5. The van der Waals surface area contributed by atoms with Crippen LogP contribution in [0.4, 0.5) is 5.69 Å². The highest BCUT2D eigenvalue weighted by molar-refractivity contribution is 5.58. The molecule has 1 N–H and O–H groups in total. The second kappa shape index (κ2) is 8.45. The molecule has 5 rings (SSSR count). The fourth-order valence-electron chi connectivity index (χ4n) is 5.64. The maximum Gasteiger partial charge on any atom is 0.0607 e. The summed E-state index contributed by atoms with van der Waals surface area (Å²) < 4.78 is 0. The number of nitrogens with zero attached hydrogens (tertiary/aromatic N) is 3. The van der Waals surface area contributed by atoms with Crippen LogP contribution < -0.4 is 10.2 Å². The Labute approximate surface area is 175 Å². The van der Waals surface area contributed by atoms with Gasteiger partial charge >= 0.3 is 0 Å². The lowest BCUT2D eigenvalue weighted by molar-refractivity contribution is 0.191. The normalized spacial score (nSPS) is 24.3. The maximum atomic E-state index is 4.76. The average molecular weight is 391 g/mol. The van der Waals surface area contributed by atoms with E-state index in [1.807, 2.05) is 6.20 Å². The van der Waals surface area contributed by atoms with Crippen LogP contribution in [0.3, 0.4) is 0 Å². The number of aryl methyl sites for hydroxylation is 1. The van der Waals surface area contributed by atoms with Crippen molar-refractivity contribution in [1.82, 2.24) is 15.2 Å². The molecule has 1 aromatic carbocycles. The SMILES string of the molecule is CN(C[C@@H]1Cc2c(cccc2N2CCCCC2)CN1)[C@H]1CCCc2cccnc21. The van der Waals surface area contributed by atoms with Crippen LogP contribution in [-0.4, -0.2) is 42.6 Å². The molecule has 4 heteroatoms. The van der Waals surface area contributed by atoms with E-state index in [0.29, 0.717) is 12.1 Å². The van der Waals surface area contributed by atoms with Crippen molar-refractivity contribution in [1.29, 1.82) is 0 Å². The fourth-order valence-corrected chi connectivity index (χ4v) is 5.64. The van der Waals surface area contributed by atoms with Crippen molar-refractivity contribution in [3.8, 4) is 0 Å². The predicted octanol–water partition coefficient (Wildman–Crippen LogP) is 4.10. The van der Waals surface area contributed by atoms with E-state index in [4.69, 9.17) is 4.98 Å². The number of aromatic nitrogens is 1. The number of nitrogens with one attached hydrogen (secondary N) is 1. The standard InChI is InChI=1S/C25H34N4/c1-28(24-12-5-8-19-10-7-13-26-25(19)24)18-21-16-22-20(17-27-21)9-6-11-23(22)29-14-3-2-4-15-29/h6-7,9-11,13,21,24,27H,2-5,8,12,14-18H2,1H3/t21-,24-/m0/s1. The molecule has 1 fully saturated rings. The first kappa shape index (κ1) is 19.1. The number of benzene rings is 1. The molecule has 1 aliphatic carbocycles. The van der Waals surface area contributed by atoms with E-state index in [9.17, 15) is 0 Å². The smallest absolute Gasteiger partial charge is 0.0607 e. The minimum atomic E-state index is 0.459. The number of likely N-dealkylation sites (N-methyl/N-ethyl adjacent to an activating group) is 1. The van der Waals surface area contributed by atoms with Crippen molar-refractivity contribution in [3.63, 3.8) is 0 Å². The van der Waals surface area contributed by atoms with Crippen molar-refractivity contribution >= 4 is 5.69 Å². The number of hydrogen-bond acceptors (Lipinski definition) is 4. The zero-order valence-corrected chi connectivity index (χ0v) is 17.7. The summed E-state index contributed by atoms with van der Waals surface area (Å²) in [4.78, 5) is 9.94. The molecule has 2 atom stereocenters. The van der Waals surface area contributed by atoms with Crippen molar-refractivity contribution in [2.24, 2.45) is 0 Å². The Morgan fingerprint density at radius 2 is 1.93 bits per heavy atom. The molecule has 3 heterocycles. The van der Waals surface area contributed by atoms with Gasteiger partial charge in [0.2, 0.25) is 0 Å². The van der Waals surface area contributed by atoms with Gasteiger partial charge in [-0.1, -0.05) is 18.2 Å². The lowest BCUT2D eigenvalue weighted by atomic mass is 9.89. The highest BCUT2D eigenvalue weighted by atomic mass is 15.2. The van der Waals surface area contributed by atoms with Crippen LogP contribution in [0.5, 0.6) is 0 Å². The number of anilines is 1. The van der Waals surface area contributed by atoms with Crippen molar-refractivity contribution in [3.05, 3.63) is 58.9 Å². The molecule has 0 bridgehead atoms. The van der Waals surface area contributed by atoms with Gasteiger partial charge in [0.05, 0.1) is 11.7 Å². The molecule has 0 amide bonds. The van der Waals surface area contributed by atoms with E-state index in [1.54, 1.807) is 5.56 Å². The number of rotatable bonds is 4. The van der Waals surface area contributed by atoms with Gasteiger partial charge in [-0.25, -0.2) is 0 Å². The lowest BCUT2D eigenvalue weighted by Gasteiger charge is -2.38. The number of fused-ring (bicyclic) bond motifs is 2. The molecule has 1 saturated heterocycles. The van der Waals surface area contributed by atoms with Crippen molar-refractivity contribution in [2.45, 2.75) is 63.6 Å². The molecule has 0 radical (unpaired) electrons. The summed E-state index contributed by atoms with van der Waals surface area (Å²) in [5.74, 6) is 0. The van der Waals surface area contributed by atoms with Crippen molar-refractivity contribution < 1.29 is 0 Å². The fraction of sp³-hybridized carbons (Fsp3) is 0.560. The van der Waals surface area contributed by atoms with E-state index in [1.165, 1.54) is 74.1 Å². The van der Waals surface area contributed by atoms with Gasteiger partial charge in [0.15, 0.2) is 0 Å². The molecule has 0 spiro atoms. The molecule has 1 aromatic heterocycles. The Bertz CT molecular complexity index is 842. The first-order chi connectivity index (χ1) is 14.3. The number of hydrogen-bond donors (Lipinski definition) is 1. The Morgan fingerprint density at radius 1 is 1.07 bits per heavy atom. The Balaban J connectivity index is 1.31. The molecule has 3 aliphatic rings. The highest BCUT2D eigenvalue weighted by Crippen LogP contribution is 2.34. The molecule has 2 aromatic rings. The molecule has 29 heavy (non-hydrogen) atoms. The minimum absolute atomic E-state index is 0.459. The quantitative estimate of drug-likeness (QED) is 0.852. The summed E-state index contributed by atoms with van der Waals surface area (Å²) in [6.45, 7) is 4.52. The molecule has 0 saturated carbocycles. The van der Waals surface area contributed by atoms with Crippen LogP contribution in [0.2, 0.25) is 0 Å². The van der Waals surface area contributed by atoms with E-state index < -0.39 is 0 Å². The van der Waals surface area contributed by atoms with Gasteiger partial charge in [-0.2, -0.15) is 0 Å². The summed E-state index contributed by atoms with van der Waals surface area (Å²) in [5.41, 5.74) is 7.35. The van der Waals surface area contributed by atoms with Crippen LogP contribution >= 0.6 is 0 Å². The summed E-state index contributed by atoms with van der Waals surface area (Å²) in [6.07, 6.45) is 10.8. The van der Waals surface area contributed by atoms with Crippen LogP contribution in [0, 0.1) is 0 Å². The molecular formula is C25H34N4. The van der Waals surface area contributed by atoms with Crippen LogP contribution in [0.15, 0.2) is 36.5 Å². The van der Waals surface area contributed by atoms with Gasteiger partial charge in [0.25, 0.3) is 0 Å². The van der Waals surface area contributed by atoms with Gasteiger partial charge in [-0.15, -0.1) is 0 Å². The van der Waals surface area contributed by atoms with Crippen LogP contribution in [-0.2, 0) is 19.4 Å². The molecule has 154 valence electrons. The highest BCUT2D eigenvalue weighted by Gasteiger charge is 2.29. The molecule has 0 unspecified atom stereocenters. The van der Waals surface area contributed by atoms with E-state index >= 15 is 0 Å². The molecule has 2 aliphatic heterocycles. The average Bonchev–Trinajstić information content (AvgIpc) is 2.79. The van der Waals surface area contributed by atoms with Crippen LogP contribution in [0.1, 0.15) is 60.5 Å². The number of piperidine rings is 1. The second-order valence-corrected chi connectivity index (χ2v) is 9.14. The first-order valence-corrected chi connectivity index (χ1v) is 11.5. The Morgan fingerprint density at radius 3 is 2.83 bits per heavy atom. The van der Waals surface area contributed by atoms with E-state index in [-0.39, 0.29) is 0 Å². The lowest BCUT2D eigenvalue weighted by Crippen LogP contribution is -2.45. The van der Waals surface area contributed by atoms with E-state index in [0.717, 1.165) is 19.5 Å². The topological polar surface area (TPSA) is 31.4 Å². The molecular weight excluding hydrogens is 356 g/mol. The van der Waals surface area contributed by atoms with Gasteiger partial charge < -0.3 is 10.2 Å². The second-order valence-electron chi connectivity index (χ2n) is 9.14. The van der Waals surface area contributed by atoms with Gasteiger partial charge in [-0.3, -0.25) is 9.88 Å². The minimum Gasteiger partial charge on any atom is -0.371 e. The maximum absolute atomic E-state index is 4.76. The third kappa shape index (κ3) is 3.93. The van der Waals surface area contributed by atoms with Gasteiger partial charge in [-0.05, 0) is 80.8 Å². The number of pyridine rings is 1. The van der Waals surface area contributed by atoms with Crippen LogP contribution in [0.25, 0.3) is 0 Å². The Kier molecular flexibility index (Phi) is 5.56. The zero-order chi connectivity index (χ0) is 19.6. The molecule has 4 nitrogen and oxygen atoms in total. The summed E-state index contributed by atoms with van der Waals surface area (Å²) in [7, 11) is 2.29. The van der Waals surface area contributed by atoms with E-state index in [2.05, 4.69) is 52.5 Å².